The maximum atomic E-state index is 12.0. The molecule has 1 aliphatic rings. The second-order valence-corrected chi connectivity index (χ2v) is 5.44. The predicted octanol–water partition coefficient (Wildman–Crippen LogP) is 0.840. The molecular weight excluding hydrogens is 312 g/mol. The van der Waals surface area contributed by atoms with E-state index in [1.165, 1.54) is 14.2 Å². The minimum absolute atomic E-state index is 0.351. The van der Waals surface area contributed by atoms with Crippen LogP contribution in [0.15, 0.2) is 23.3 Å². The number of hydrogen-bond donors (Lipinski definition) is 2. The molecule has 0 aromatic heterocycles. The summed E-state index contributed by atoms with van der Waals surface area (Å²) in [6.45, 7) is 1.78. The smallest absolute Gasteiger partial charge is 0.329 e. The van der Waals surface area contributed by atoms with Crippen LogP contribution in [0.1, 0.15) is 12.8 Å². The highest BCUT2D eigenvalue weighted by Gasteiger charge is 2.17. The van der Waals surface area contributed by atoms with Gasteiger partial charge in [0.25, 0.3) is 0 Å². The number of amides is 2. The van der Waals surface area contributed by atoms with Crippen LogP contribution in [0, 0.1) is 0 Å². The number of piperidine rings is 1. The molecule has 0 unspecified atom stereocenters. The highest BCUT2D eigenvalue weighted by Crippen LogP contribution is 2.28. The summed E-state index contributed by atoms with van der Waals surface area (Å²) < 4.78 is 10.3. The molecule has 0 saturated carbocycles. The lowest BCUT2D eigenvalue weighted by Crippen LogP contribution is -2.35. The second kappa shape index (κ2) is 8.30. The van der Waals surface area contributed by atoms with Crippen molar-refractivity contribution in [3.05, 3.63) is 18.2 Å². The van der Waals surface area contributed by atoms with Crippen LogP contribution in [0.3, 0.4) is 0 Å². The van der Waals surface area contributed by atoms with Gasteiger partial charge in [-0.15, -0.1) is 0 Å². The number of carbonyl (C=O) groups is 2. The zero-order chi connectivity index (χ0) is 17.5. The van der Waals surface area contributed by atoms with Gasteiger partial charge in [-0.3, -0.25) is 9.59 Å². The molecule has 0 aliphatic carbocycles. The average Bonchev–Trinajstić information content (AvgIpc) is 2.60. The number of rotatable bonds is 4. The highest BCUT2D eigenvalue weighted by atomic mass is 16.5. The van der Waals surface area contributed by atoms with Gasteiger partial charge >= 0.3 is 11.8 Å². The highest BCUT2D eigenvalue weighted by molar-refractivity contribution is 6.39. The molecule has 2 amide bonds. The summed E-state index contributed by atoms with van der Waals surface area (Å²) in [5.74, 6) is -0.679. The molecule has 8 heteroatoms. The number of hydrogen-bond acceptors (Lipinski definition) is 6. The number of likely N-dealkylation sites (tertiary alicyclic amines) is 1. The van der Waals surface area contributed by atoms with Crippen LogP contribution in [0.25, 0.3) is 0 Å². The van der Waals surface area contributed by atoms with E-state index in [0.717, 1.165) is 31.6 Å². The van der Waals surface area contributed by atoms with E-state index in [-0.39, 0.29) is 0 Å². The lowest BCUT2D eigenvalue weighted by molar-refractivity contribution is -0.136. The Morgan fingerprint density at radius 2 is 1.83 bits per heavy atom. The van der Waals surface area contributed by atoms with E-state index in [4.69, 9.17) is 9.47 Å². The van der Waals surface area contributed by atoms with Crippen LogP contribution < -0.4 is 20.2 Å². The number of carbonyl (C=O) groups excluding carboxylic acids is 2. The van der Waals surface area contributed by atoms with Crippen molar-refractivity contribution in [2.24, 2.45) is 5.10 Å². The summed E-state index contributed by atoms with van der Waals surface area (Å²) >= 11 is 0. The lowest BCUT2D eigenvalue weighted by atomic mass is 10.1. The van der Waals surface area contributed by atoms with Gasteiger partial charge in [-0.05, 0) is 19.2 Å². The number of methoxy groups -OCH3 is 2. The Morgan fingerprint density at radius 1 is 1.12 bits per heavy atom. The number of nitrogens with zero attached hydrogens (tertiary/aromatic N) is 2. The first-order valence-electron chi connectivity index (χ1n) is 7.61. The molecule has 2 N–H and O–H groups in total. The summed E-state index contributed by atoms with van der Waals surface area (Å²) in [6.07, 6.45) is 1.56. The SMILES string of the molecule is COc1ccc(OC)c(NC(=O)C(=O)NN=C2CCN(C)CC2)c1. The van der Waals surface area contributed by atoms with E-state index >= 15 is 0 Å². The summed E-state index contributed by atoms with van der Waals surface area (Å²) in [5, 5.41) is 6.53. The largest absolute Gasteiger partial charge is 0.497 e. The molecule has 1 aromatic carbocycles. The molecule has 1 heterocycles. The molecule has 1 aromatic rings. The lowest BCUT2D eigenvalue weighted by Gasteiger charge is -2.22. The molecule has 0 radical (unpaired) electrons. The molecule has 24 heavy (non-hydrogen) atoms. The number of anilines is 1. The number of nitrogens with one attached hydrogen (secondary N) is 2. The van der Waals surface area contributed by atoms with Gasteiger partial charge in [-0.1, -0.05) is 0 Å². The summed E-state index contributed by atoms with van der Waals surface area (Å²) in [6, 6.07) is 4.92. The fraction of sp³-hybridized carbons (Fsp3) is 0.438. The van der Waals surface area contributed by atoms with E-state index < -0.39 is 11.8 Å². The molecular formula is C16H22N4O4. The minimum atomic E-state index is -0.827. The van der Waals surface area contributed by atoms with Crippen molar-refractivity contribution in [3.8, 4) is 11.5 Å². The number of benzene rings is 1. The Morgan fingerprint density at radius 3 is 2.46 bits per heavy atom. The first kappa shape index (κ1) is 17.7. The molecule has 130 valence electrons. The van der Waals surface area contributed by atoms with Crippen molar-refractivity contribution in [1.82, 2.24) is 10.3 Å². The Balaban J connectivity index is 1.96. The van der Waals surface area contributed by atoms with Crippen LogP contribution in [0.5, 0.6) is 11.5 Å². The molecule has 1 fully saturated rings. The number of hydrazone groups is 1. The Hall–Kier alpha value is -2.61. The van der Waals surface area contributed by atoms with Gasteiger partial charge in [0.15, 0.2) is 0 Å². The van der Waals surface area contributed by atoms with E-state index in [2.05, 4.69) is 20.7 Å². The second-order valence-electron chi connectivity index (χ2n) is 5.44. The maximum absolute atomic E-state index is 12.0. The molecule has 0 bridgehead atoms. The number of ether oxygens (including phenoxy) is 2. The zero-order valence-corrected chi connectivity index (χ0v) is 14.1. The van der Waals surface area contributed by atoms with Crippen LogP contribution in [0.4, 0.5) is 5.69 Å². The van der Waals surface area contributed by atoms with Gasteiger partial charge in [0, 0.05) is 37.7 Å². The molecule has 0 spiro atoms. The van der Waals surface area contributed by atoms with Gasteiger partial charge in [-0.2, -0.15) is 5.10 Å². The van der Waals surface area contributed by atoms with Gasteiger partial charge in [0.1, 0.15) is 11.5 Å². The van der Waals surface area contributed by atoms with Gasteiger partial charge in [0.05, 0.1) is 19.9 Å². The van der Waals surface area contributed by atoms with Crippen molar-refractivity contribution < 1.29 is 19.1 Å². The van der Waals surface area contributed by atoms with Crippen LogP contribution in [0.2, 0.25) is 0 Å². The Bertz CT molecular complexity index is 635. The van der Waals surface area contributed by atoms with Crippen molar-refractivity contribution in [1.29, 1.82) is 0 Å². The first-order valence-corrected chi connectivity index (χ1v) is 7.61. The molecule has 1 saturated heterocycles. The van der Waals surface area contributed by atoms with E-state index in [9.17, 15) is 9.59 Å². The quantitative estimate of drug-likeness (QED) is 0.629. The Kier molecular flexibility index (Phi) is 6.14. The van der Waals surface area contributed by atoms with Crippen LogP contribution in [-0.2, 0) is 9.59 Å². The summed E-state index contributed by atoms with van der Waals surface area (Å²) in [4.78, 5) is 26.1. The third kappa shape index (κ3) is 4.69. The normalized spacial score (nSPS) is 14.7. The van der Waals surface area contributed by atoms with E-state index in [1.807, 2.05) is 7.05 Å². The monoisotopic (exact) mass is 334 g/mol. The standard InChI is InChI=1S/C16H22N4O4/c1-20-8-6-11(7-9-20)18-19-16(22)15(21)17-13-10-12(23-2)4-5-14(13)24-3/h4-5,10H,6-9H2,1-3H3,(H,17,21)(H,19,22). The van der Waals surface area contributed by atoms with Gasteiger partial charge < -0.3 is 19.7 Å². The van der Waals surface area contributed by atoms with E-state index in [1.54, 1.807) is 18.2 Å². The van der Waals surface area contributed by atoms with E-state index in [0.29, 0.717) is 17.2 Å². The topological polar surface area (TPSA) is 92.3 Å². The van der Waals surface area contributed by atoms with Gasteiger partial charge in [-0.25, -0.2) is 5.43 Å². The zero-order valence-electron chi connectivity index (χ0n) is 14.1. The maximum Gasteiger partial charge on any atom is 0.329 e. The minimum Gasteiger partial charge on any atom is -0.497 e. The summed E-state index contributed by atoms with van der Waals surface area (Å²) in [7, 11) is 5.02. The molecule has 8 nitrogen and oxygen atoms in total. The van der Waals surface area contributed by atoms with Crippen LogP contribution >= 0.6 is 0 Å². The van der Waals surface area contributed by atoms with Crippen molar-refractivity contribution in [2.45, 2.75) is 12.8 Å². The molecule has 2 rings (SSSR count). The fourth-order valence-corrected chi connectivity index (χ4v) is 2.26. The fourth-order valence-electron chi connectivity index (χ4n) is 2.26. The van der Waals surface area contributed by atoms with Crippen molar-refractivity contribution in [3.63, 3.8) is 0 Å². The molecule has 1 aliphatic heterocycles. The van der Waals surface area contributed by atoms with Crippen molar-refractivity contribution in [2.75, 3.05) is 39.7 Å². The third-order valence-electron chi connectivity index (χ3n) is 3.74. The first-order chi connectivity index (χ1) is 11.5. The van der Waals surface area contributed by atoms with Crippen molar-refractivity contribution >= 4 is 23.2 Å². The van der Waals surface area contributed by atoms with Crippen LogP contribution in [-0.4, -0.2) is 56.8 Å². The molecule has 0 atom stereocenters. The average molecular weight is 334 g/mol. The van der Waals surface area contributed by atoms with Gasteiger partial charge in [0.2, 0.25) is 0 Å². The predicted molar refractivity (Wildman–Crippen MR) is 90.5 cm³/mol. The summed E-state index contributed by atoms with van der Waals surface area (Å²) in [5.41, 5.74) is 3.53. The Labute approximate surface area is 140 Å². The third-order valence-corrected chi connectivity index (χ3v) is 3.74.